The van der Waals surface area contributed by atoms with E-state index in [0.29, 0.717) is 0 Å². The average molecular weight is 233 g/mol. The van der Waals surface area contributed by atoms with E-state index < -0.39 is 0 Å². The summed E-state index contributed by atoms with van der Waals surface area (Å²) in [7, 11) is 0. The molecule has 1 atom stereocenters. The van der Waals surface area contributed by atoms with E-state index in [0.717, 1.165) is 42.7 Å². The van der Waals surface area contributed by atoms with E-state index >= 15 is 0 Å². The zero-order chi connectivity index (χ0) is 12.4. The number of nitrogen functional groups attached to an aromatic ring is 1. The van der Waals surface area contributed by atoms with Gasteiger partial charge in [0, 0.05) is 17.9 Å². The molecular weight excluding hydrogens is 214 g/mol. The van der Waals surface area contributed by atoms with Crippen molar-refractivity contribution in [3.05, 3.63) is 23.8 Å². The lowest BCUT2D eigenvalue weighted by molar-refractivity contribution is -0.119. The number of carbonyl (C=O) groups excluding carboxylic acids is 1. The maximum absolute atomic E-state index is 11.5. The first-order valence-electron chi connectivity index (χ1n) is 6.02. The van der Waals surface area contributed by atoms with Crippen LogP contribution in [0.15, 0.2) is 18.2 Å². The number of piperidine rings is 1. The van der Waals surface area contributed by atoms with Gasteiger partial charge in [-0.1, -0.05) is 6.07 Å². The van der Waals surface area contributed by atoms with Crippen molar-refractivity contribution in [2.45, 2.75) is 32.2 Å². The van der Waals surface area contributed by atoms with Crippen LogP contribution in [0.2, 0.25) is 0 Å². The van der Waals surface area contributed by atoms with Crippen molar-refractivity contribution in [3.63, 3.8) is 0 Å². The summed E-state index contributed by atoms with van der Waals surface area (Å²) >= 11 is 0. The van der Waals surface area contributed by atoms with Crippen molar-refractivity contribution in [2.24, 2.45) is 5.73 Å². The molecule has 1 unspecified atom stereocenters. The van der Waals surface area contributed by atoms with Gasteiger partial charge in [-0.2, -0.15) is 0 Å². The SMILES string of the molecule is Cc1c(N)cccc1N1CCCCC1C(N)=O. The predicted octanol–water partition coefficient (Wildman–Crippen LogP) is 1.42. The second kappa shape index (κ2) is 4.65. The fourth-order valence-electron chi connectivity index (χ4n) is 2.47. The highest BCUT2D eigenvalue weighted by Crippen LogP contribution is 2.30. The Kier molecular flexibility index (Phi) is 3.22. The summed E-state index contributed by atoms with van der Waals surface area (Å²) in [5, 5.41) is 0. The van der Waals surface area contributed by atoms with Crippen LogP contribution in [0.25, 0.3) is 0 Å². The van der Waals surface area contributed by atoms with Gasteiger partial charge in [-0.05, 0) is 43.9 Å². The molecule has 0 aromatic heterocycles. The molecule has 1 aromatic carbocycles. The molecule has 17 heavy (non-hydrogen) atoms. The molecule has 0 radical (unpaired) electrons. The zero-order valence-corrected chi connectivity index (χ0v) is 10.1. The van der Waals surface area contributed by atoms with Gasteiger partial charge in [0.15, 0.2) is 0 Å². The molecule has 0 aliphatic carbocycles. The predicted molar refractivity (Wildman–Crippen MR) is 69.8 cm³/mol. The van der Waals surface area contributed by atoms with E-state index in [-0.39, 0.29) is 11.9 Å². The normalized spacial score (nSPS) is 20.3. The van der Waals surface area contributed by atoms with Gasteiger partial charge in [0.1, 0.15) is 6.04 Å². The number of primary amides is 1. The number of hydrogen-bond acceptors (Lipinski definition) is 3. The van der Waals surface area contributed by atoms with Gasteiger partial charge in [0.25, 0.3) is 0 Å². The summed E-state index contributed by atoms with van der Waals surface area (Å²) in [6, 6.07) is 5.61. The van der Waals surface area contributed by atoms with Crippen LogP contribution in [-0.4, -0.2) is 18.5 Å². The van der Waals surface area contributed by atoms with Gasteiger partial charge >= 0.3 is 0 Å². The minimum atomic E-state index is -0.244. The third kappa shape index (κ3) is 2.20. The molecule has 4 nitrogen and oxygen atoms in total. The van der Waals surface area contributed by atoms with E-state index in [1.165, 1.54) is 0 Å². The lowest BCUT2D eigenvalue weighted by Gasteiger charge is -2.36. The van der Waals surface area contributed by atoms with Crippen LogP contribution in [0.4, 0.5) is 11.4 Å². The molecule has 1 aliphatic rings. The van der Waals surface area contributed by atoms with Crippen LogP contribution in [0.5, 0.6) is 0 Å². The molecule has 0 bridgehead atoms. The Morgan fingerprint density at radius 1 is 1.41 bits per heavy atom. The Bertz CT molecular complexity index is 431. The number of rotatable bonds is 2. The second-order valence-corrected chi connectivity index (χ2v) is 4.60. The second-order valence-electron chi connectivity index (χ2n) is 4.60. The van der Waals surface area contributed by atoms with E-state index in [2.05, 4.69) is 4.90 Å². The first kappa shape index (κ1) is 11.8. The molecule has 92 valence electrons. The Morgan fingerprint density at radius 3 is 2.88 bits per heavy atom. The van der Waals surface area contributed by atoms with E-state index in [4.69, 9.17) is 11.5 Å². The molecule has 1 amide bonds. The Balaban J connectivity index is 2.36. The minimum absolute atomic E-state index is 0.191. The Labute approximate surface area is 102 Å². The average Bonchev–Trinajstić information content (AvgIpc) is 2.33. The standard InChI is InChI=1S/C13H19N3O/c1-9-10(14)5-4-7-11(9)16-8-3-2-6-12(16)13(15)17/h4-5,7,12H,2-3,6,8,14H2,1H3,(H2,15,17). The van der Waals surface area contributed by atoms with Gasteiger partial charge < -0.3 is 16.4 Å². The highest BCUT2D eigenvalue weighted by atomic mass is 16.1. The van der Waals surface area contributed by atoms with Gasteiger partial charge in [-0.3, -0.25) is 4.79 Å². The van der Waals surface area contributed by atoms with Crippen LogP contribution >= 0.6 is 0 Å². The van der Waals surface area contributed by atoms with Crippen molar-refractivity contribution < 1.29 is 4.79 Å². The smallest absolute Gasteiger partial charge is 0.240 e. The summed E-state index contributed by atoms with van der Waals surface area (Å²) in [6.45, 7) is 2.86. The van der Waals surface area contributed by atoms with Crippen molar-refractivity contribution in [1.82, 2.24) is 0 Å². The Hall–Kier alpha value is -1.71. The molecule has 4 heteroatoms. The molecule has 1 aromatic rings. The fraction of sp³-hybridized carbons (Fsp3) is 0.462. The molecular formula is C13H19N3O. The molecule has 2 rings (SSSR count). The number of hydrogen-bond donors (Lipinski definition) is 2. The van der Waals surface area contributed by atoms with Crippen LogP contribution in [0.3, 0.4) is 0 Å². The van der Waals surface area contributed by atoms with Gasteiger partial charge in [-0.25, -0.2) is 0 Å². The molecule has 4 N–H and O–H groups in total. The van der Waals surface area contributed by atoms with Crippen molar-refractivity contribution >= 4 is 17.3 Å². The Morgan fingerprint density at radius 2 is 2.18 bits per heavy atom. The number of benzene rings is 1. The minimum Gasteiger partial charge on any atom is -0.398 e. The van der Waals surface area contributed by atoms with Crippen molar-refractivity contribution in [2.75, 3.05) is 17.2 Å². The number of nitrogens with two attached hydrogens (primary N) is 2. The van der Waals surface area contributed by atoms with E-state index in [1.54, 1.807) is 0 Å². The van der Waals surface area contributed by atoms with E-state index in [1.807, 2.05) is 25.1 Å². The van der Waals surface area contributed by atoms with Crippen LogP contribution in [0.1, 0.15) is 24.8 Å². The maximum atomic E-state index is 11.5. The third-order valence-electron chi connectivity index (χ3n) is 3.49. The summed E-state index contributed by atoms with van der Waals surface area (Å²) in [5.74, 6) is -0.244. The largest absolute Gasteiger partial charge is 0.398 e. The van der Waals surface area contributed by atoms with Crippen LogP contribution in [0, 0.1) is 6.92 Å². The quantitative estimate of drug-likeness (QED) is 0.759. The molecule has 1 aliphatic heterocycles. The lowest BCUT2D eigenvalue weighted by Crippen LogP contribution is -2.48. The number of amides is 1. The fourth-order valence-corrected chi connectivity index (χ4v) is 2.47. The summed E-state index contributed by atoms with van der Waals surface area (Å²) < 4.78 is 0. The molecule has 0 spiro atoms. The number of nitrogens with zero attached hydrogens (tertiary/aromatic N) is 1. The van der Waals surface area contributed by atoms with E-state index in [9.17, 15) is 4.79 Å². The molecule has 0 saturated carbocycles. The van der Waals surface area contributed by atoms with Crippen molar-refractivity contribution in [3.8, 4) is 0 Å². The maximum Gasteiger partial charge on any atom is 0.240 e. The first-order chi connectivity index (χ1) is 8.11. The summed E-state index contributed by atoms with van der Waals surface area (Å²) in [5.41, 5.74) is 14.2. The monoisotopic (exact) mass is 233 g/mol. The van der Waals surface area contributed by atoms with Crippen LogP contribution < -0.4 is 16.4 Å². The highest BCUT2D eigenvalue weighted by molar-refractivity contribution is 5.84. The number of carbonyl (C=O) groups is 1. The molecule has 1 heterocycles. The molecule has 1 saturated heterocycles. The first-order valence-corrected chi connectivity index (χ1v) is 6.02. The van der Waals surface area contributed by atoms with Gasteiger partial charge in [0.2, 0.25) is 5.91 Å². The van der Waals surface area contributed by atoms with Gasteiger partial charge in [0.05, 0.1) is 0 Å². The topological polar surface area (TPSA) is 72.3 Å². The number of anilines is 2. The summed E-state index contributed by atoms with van der Waals surface area (Å²) in [4.78, 5) is 13.6. The third-order valence-corrected chi connectivity index (χ3v) is 3.49. The van der Waals surface area contributed by atoms with Crippen molar-refractivity contribution in [1.29, 1.82) is 0 Å². The lowest BCUT2D eigenvalue weighted by atomic mass is 9.99. The zero-order valence-electron chi connectivity index (χ0n) is 10.1. The summed E-state index contributed by atoms with van der Waals surface area (Å²) in [6.07, 6.45) is 2.99. The molecule has 1 fully saturated rings. The van der Waals surface area contributed by atoms with Crippen LogP contribution in [-0.2, 0) is 4.79 Å². The van der Waals surface area contributed by atoms with Gasteiger partial charge in [-0.15, -0.1) is 0 Å². The highest BCUT2D eigenvalue weighted by Gasteiger charge is 2.28.